The molecule has 0 aliphatic carbocycles. The maximum atomic E-state index is 15.6. The largest absolute Gasteiger partial charge is 0.462 e. The predicted molar refractivity (Wildman–Crippen MR) is 397 cm³/mol. The van der Waals surface area contributed by atoms with Crippen LogP contribution in [-0.4, -0.2) is 141 Å². The molecule has 2 amide bonds. The van der Waals surface area contributed by atoms with E-state index in [1.54, 1.807) is 45.0 Å². The van der Waals surface area contributed by atoms with Gasteiger partial charge in [-0.05, 0) is 72.7 Å². The molecule has 0 unspecified atom stereocenters. The molecule has 0 bridgehead atoms. The van der Waals surface area contributed by atoms with Gasteiger partial charge >= 0.3 is 5.97 Å². The van der Waals surface area contributed by atoms with Crippen LogP contribution in [0, 0.1) is 5.41 Å². The number of hydrogen-bond donors (Lipinski definition) is 0. The molecular weight excluding hydrogens is 1360 g/mol. The second-order valence-corrected chi connectivity index (χ2v) is 28.8. The molecule has 0 aromatic heterocycles. The highest BCUT2D eigenvalue weighted by Crippen LogP contribution is 2.44. The molecule has 16 atom stereocenters. The van der Waals surface area contributed by atoms with E-state index in [-0.39, 0.29) is 70.6 Å². The van der Waals surface area contributed by atoms with Crippen molar-refractivity contribution in [3.8, 4) is 0 Å². The Labute approximate surface area is 627 Å². The van der Waals surface area contributed by atoms with Gasteiger partial charge in [-0.3, -0.25) is 19.3 Å². The first-order valence-corrected chi connectivity index (χ1v) is 37.7. The Morgan fingerprint density at radius 1 is 0.411 bits per heavy atom. The summed E-state index contributed by atoms with van der Waals surface area (Å²) < 4.78 is 108. The average molecular weight is 1460 g/mol. The Bertz CT molecular complexity index is 3960. The lowest BCUT2D eigenvalue weighted by molar-refractivity contribution is -0.410. The monoisotopic (exact) mass is 1460 g/mol. The molecule has 8 aromatic rings. The van der Waals surface area contributed by atoms with E-state index in [1.165, 1.54) is 0 Å². The number of carbonyl (C=O) groups is 3. The number of rotatable bonds is 35. The zero-order valence-electron chi connectivity index (χ0n) is 61.4. The maximum absolute atomic E-state index is 15.6. The van der Waals surface area contributed by atoms with E-state index in [1.807, 2.05) is 212 Å². The van der Waals surface area contributed by atoms with Gasteiger partial charge in [0.05, 0.1) is 69.4 Å². The molecule has 5 aliphatic heterocycles. The van der Waals surface area contributed by atoms with Gasteiger partial charge in [0.15, 0.2) is 25.2 Å². The lowest BCUT2D eigenvalue weighted by Gasteiger charge is -2.53. The molecule has 8 aromatic carbocycles. The number of nitrogens with zero attached hydrogens (tertiary/aromatic N) is 1. The van der Waals surface area contributed by atoms with Gasteiger partial charge in [0.2, 0.25) is 0 Å². The lowest BCUT2D eigenvalue weighted by Crippen LogP contribution is -2.71. The number of esters is 1. The molecule has 0 N–H and O–H groups in total. The zero-order chi connectivity index (χ0) is 73.7. The smallest absolute Gasteiger partial charge is 0.311 e. The van der Waals surface area contributed by atoms with Gasteiger partial charge in [0.25, 0.3) is 11.8 Å². The second kappa shape index (κ2) is 38.2. The molecule has 564 valence electrons. The number of unbranched alkanes of at least 4 members (excludes halogenated alkanes) is 5. The van der Waals surface area contributed by atoms with Gasteiger partial charge in [0, 0.05) is 12.2 Å². The first-order valence-electron chi connectivity index (χ1n) is 37.7. The summed E-state index contributed by atoms with van der Waals surface area (Å²) in [4.78, 5) is 46.5. The van der Waals surface area contributed by atoms with Crippen molar-refractivity contribution in [3.63, 3.8) is 0 Å². The SMILES string of the molecule is CCCCCCCCO[C@@H]1O[C@H](COCc2ccccc2)[C@@H](O[C@@H]2O[C@@H]3CO[C@@H](c4ccccc4)O[C@H]3[C@H](O[C@@H]3O[C@H](COC(=O)C(C)(C)C)[C@@H](OCc4ccccc4)[C@H](OCc4ccccc4)[C@H]3N3C(=O)c4ccccc4C3=O)[C@@H]2OCc2ccccc2)[C@H](OCc2ccccc2)[C@H]1OCc1ccccc1. The van der Waals surface area contributed by atoms with Gasteiger partial charge in [-0.15, -0.1) is 0 Å². The number of benzene rings is 8. The normalized spacial score (nSPS) is 26.5. The highest BCUT2D eigenvalue weighted by atomic mass is 16.8. The highest BCUT2D eigenvalue weighted by Gasteiger charge is 2.61. The third-order valence-electron chi connectivity index (χ3n) is 19.9. The first-order chi connectivity index (χ1) is 52.4. The van der Waals surface area contributed by atoms with Gasteiger partial charge in [-0.1, -0.05) is 263 Å². The van der Waals surface area contributed by atoms with Crippen molar-refractivity contribution in [2.75, 3.05) is 26.4 Å². The van der Waals surface area contributed by atoms with Crippen LogP contribution in [0.3, 0.4) is 0 Å². The summed E-state index contributed by atoms with van der Waals surface area (Å²) in [5, 5.41) is 0. The van der Waals surface area contributed by atoms with Crippen molar-refractivity contribution in [3.05, 3.63) is 287 Å². The van der Waals surface area contributed by atoms with Crippen LogP contribution in [0.2, 0.25) is 0 Å². The van der Waals surface area contributed by atoms with Crippen LogP contribution in [0.1, 0.15) is 132 Å². The Morgan fingerprint density at radius 3 is 1.35 bits per heavy atom. The summed E-state index contributed by atoms with van der Waals surface area (Å²) in [6.45, 7) is 7.97. The van der Waals surface area contributed by atoms with Gasteiger partial charge < -0.3 is 71.1 Å². The van der Waals surface area contributed by atoms with Crippen LogP contribution >= 0.6 is 0 Å². The van der Waals surface area contributed by atoms with Crippen LogP contribution in [0.5, 0.6) is 0 Å². The van der Waals surface area contributed by atoms with E-state index >= 15 is 9.59 Å². The molecule has 0 radical (unpaired) electrons. The van der Waals surface area contributed by atoms with E-state index in [0.29, 0.717) is 12.2 Å². The summed E-state index contributed by atoms with van der Waals surface area (Å²) in [6, 6.07) is 73.3. The fraction of sp³-hybridized carbons (Fsp3) is 0.420. The van der Waals surface area contributed by atoms with Crippen molar-refractivity contribution in [1.82, 2.24) is 4.90 Å². The number of amides is 2. The zero-order valence-corrected chi connectivity index (χ0v) is 61.4. The number of imide groups is 1. The van der Waals surface area contributed by atoms with Crippen LogP contribution in [0.15, 0.2) is 237 Å². The molecule has 5 aliphatic rings. The third-order valence-corrected chi connectivity index (χ3v) is 19.9. The van der Waals surface area contributed by atoms with Crippen LogP contribution < -0.4 is 0 Å². The van der Waals surface area contributed by atoms with E-state index in [9.17, 15) is 4.79 Å². The van der Waals surface area contributed by atoms with Crippen molar-refractivity contribution in [2.24, 2.45) is 5.41 Å². The fourth-order valence-electron chi connectivity index (χ4n) is 14.2. The third kappa shape index (κ3) is 20.2. The minimum Gasteiger partial charge on any atom is -0.462 e. The molecule has 0 spiro atoms. The number of carbonyl (C=O) groups excluding carboxylic acids is 3. The van der Waals surface area contributed by atoms with E-state index in [2.05, 4.69) is 6.92 Å². The Morgan fingerprint density at radius 2 is 0.832 bits per heavy atom. The van der Waals surface area contributed by atoms with Crippen LogP contribution in [0.25, 0.3) is 0 Å². The Kier molecular flexibility index (Phi) is 27.5. The topological polar surface area (TPSA) is 193 Å². The minimum atomic E-state index is -1.65. The summed E-state index contributed by atoms with van der Waals surface area (Å²) in [5.41, 5.74) is 5.25. The summed E-state index contributed by atoms with van der Waals surface area (Å²) in [6.07, 6.45) is -11.0. The maximum Gasteiger partial charge on any atom is 0.311 e. The fourth-order valence-corrected chi connectivity index (χ4v) is 14.2. The molecule has 13 rings (SSSR count). The van der Waals surface area contributed by atoms with E-state index in [4.69, 9.17) is 71.1 Å². The van der Waals surface area contributed by atoms with Crippen molar-refractivity contribution in [1.29, 1.82) is 0 Å². The standard InChI is InChI=1S/C88H99NO18/c1-5-6-7-8-9-33-50-94-85-79(98-55-64-42-25-14-26-43-64)77(97-54-63-40-23-13-24-41-63)74(69(103-85)57-93-51-60-34-17-10-18-35-60)106-86-80(99-56-65-44-27-15-28-45-65)78(75-71(104-86)58-100-83(105-75)66-46-29-16-30-47-66)107-84-72(89-81(90)67-48-31-32-49-68(67)82(89)91)76(96-53-62-38-21-12-22-39-62)73(95-52-61-36-19-11-20-37-61)70(102-84)59-101-87(92)88(2,3)4/h10-32,34-49,69-80,83-86H,5-9,33,50-59H2,1-4H3/t69-,70-,71-,72-,73-,74-,75-,76-,77+,78+,79-,80+,83-,84+,85-,86+/m1/s1. The molecule has 107 heavy (non-hydrogen) atoms. The van der Waals surface area contributed by atoms with Crippen LogP contribution in [0.4, 0.5) is 0 Å². The number of fused-ring (bicyclic) bond motifs is 2. The number of ether oxygens (including phenoxy) is 15. The first kappa shape index (κ1) is 77.0. The molecular formula is C88H99NO18. The van der Waals surface area contributed by atoms with Crippen molar-refractivity contribution < 1.29 is 85.4 Å². The predicted octanol–water partition coefficient (Wildman–Crippen LogP) is 14.8. The Balaban J connectivity index is 0.952. The molecule has 19 nitrogen and oxygen atoms in total. The van der Waals surface area contributed by atoms with E-state index in [0.717, 1.165) is 76.8 Å². The van der Waals surface area contributed by atoms with Crippen LogP contribution in [-0.2, 0) is 115 Å². The lowest BCUT2D eigenvalue weighted by atomic mass is 9.93. The van der Waals surface area contributed by atoms with Gasteiger partial charge in [-0.2, -0.15) is 0 Å². The van der Waals surface area contributed by atoms with Gasteiger partial charge in [-0.25, -0.2) is 0 Å². The quantitative estimate of drug-likeness (QED) is 0.0207. The molecule has 5 heterocycles. The molecule has 0 saturated carbocycles. The average Bonchev–Trinajstić information content (AvgIpc) is 1.27. The van der Waals surface area contributed by atoms with Crippen molar-refractivity contribution >= 4 is 17.8 Å². The van der Waals surface area contributed by atoms with E-state index < -0.39 is 122 Å². The molecule has 4 saturated heterocycles. The highest BCUT2D eigenvalue weighted by molar-refractivity contribution is 6.21. The van der Waals surface area contributed by atoms with Gasteiger partial charge in [0.1, 0.15) is 79.8 Å². The minimum absolute atomic E-state index is 0.0107. The van der Waals surface area contributed by atoms with Crippen molar-refractivity contribution in [2.45, 2.75) is 204 Å². The summed E-state index contributed by atoms with van der Waals surface area (Å²) >= 11 is 0. The Hall–Kier alpha value is -8.19. The molecule has 19 heteroatoms. The summed E-state index contributed by atoms with van der Waals surface area (Å²) in [5.74, 6) is -1.75. The molecule has 4 fully saturated rings. The summed E-state index contributed by atoms with van der Waals surface area (Å²) in [7, 11) is 0. The second-order valence-electron chi connectivity index (χ2n) is 28.8. The number of hydrogen-bond acceptors (Lipinski definition) is 18.